The molecule has 0 radical (unpaired) electrons. The molecule has 0 saturated carbocycles. The molecule has 168 valence electrons. The van der Waals surface area contributed by atoms with Gasteiger partial charge >= 0.3 is 0 Å². The first kappa shape index (κ1) is 22.7. The quantitative estimate of drug-likeness (QED) is 0.448. The summed E-state index contributed by atoms with van der Waals surface area (Å²) >= 11 is 0. The molecule has 0 amide bonds. The molecule has 1 N–H and O–H groups in total. The van der Waals surface area contributed by atoms with Gasteiger partial charge in [-0.3, -0.25) is 0 Å². The van der Waals surface area contributed by atoms with Crippen molar-refractivity contribution in [1.82, 2.24) is 0 Å². The maximum atomic E-state index is 8.75. The standard InChI is InChI=1S/C28H32O4/c1-21-8-10-24-25-11-9-22(2)19-27(25)28(26(24)18-21,23-6-4-3-5-7-23)20-32-17-16-31-15-14-30-13-12-29/h3-11,18-19,29H,12-17,20H2,1-2H3. The molecule has 3 aromatic carbocycles. The number of fused-ring (bicyclic) bond motifs is 3. The van der Waals surface area contributed by atoms with E-state index in [4.69, 9.17) is 19.3 Å². The van der Waals surface area contributed by atoms with Crippen LogP contribution in [0.3, 0.4) is 0 Å². The van der Waals surface area contributed by atoms with Crippen molar-refractivity contribution in [2.24, 2.45) is 0 Å². The van der Waals surface area contributed by atoms with Crippen LogP contribution in [0.4, 0.5) is 0 Å². The summed E-state index contributed by atoms with van der Waals surface area (Å²) in [5.74, 6) is 0. The Bertz CT molecular complexity index is 977. The highest BCUT2D eigenvalue weighted by atomic mass is 16.5. The second-order valence-corrected chi connectivity index (χ2v) is 8.37. The van der Waals surface area contributed by atoms with Gasteiger partial charge in [0.25, 0.3) is 0 Å². The normalized spacial score (nSPS) is 13.7. The fourth-order valence-electron chi connectivity index (χ4n) is 4.64. The topological polar surface area (TPSA) is 47.9 Å². The first-order chi connectivity index (χ1) is 15.7. The van der Waals surface area contributed by atoms with Crippen LogP contribution in [0.15, 0.2) is 66.7 Å². The van der Waals surface area contributed by atoms with Crippen LogP contribution in [0.25, 0.3) is 11.1 Å². The van der Waals surface area contributed by atoms with Crippen LogP contribution in [0.5, 0.6) is 0 Å². The highest BCUT2D eigenvalue weighted by molar-refractivity contribution is 5.84. The maximum Gasteiger partial charge on any atom is 0.0701 e. The van der Waals surface area contributed by atoms with Crippen molar-refractivity contribution in [2.75, 3.05) is 46.2 Å². The molecule has 3 aromatic rings. The van der Waals surface area contributed by atoms with Crippen molar-refractivity contribution in [3.05, 3.63) is 94.5 Å². The van der Waals surface area contributed by atoms with Gasteiger partial charge in [0.2, 0.25) is 0 Å². The van der Waals surface area contributed by atoms with Gasteiger partial charge in [-0.25, -0.2) is 0 Å². The Morgan fingerprint density at radius 3 is 1.75 bits per heavy atom. The lowest BCUT2D eigenvalue weighted by Crippen LogP contribution is -2.33. The summed E-state index contributed by atoms with van der Waals surface area (Å²) in [4.78, 5) is 0. The van der Waals surface area contributed by atoms with E-state index >= 15 is 0 Å². The Morgan fingerprint density at radius 1 is 0.656 bits per heavy atom. The lowest BCUT2D eigenvalue weighted by atomic mass is 9.72. The molecule has 1 aliphatic rings. The Labute approximate surface area is 190 Å². The second-order valence-electron chi connectivity index (χ2n) is 8.37. The van der Waals surface area contributed by atoms with E-state index in [1.165, 1.54) is 38.9 Å². The summed E-state index contributed by atoms with van der Waals surface area (Å²) in [5.41, 5.74) is 8.58. The van der Waals surface area contributed by atoms with Gasteiger partial charge < -0.3 is 19.3 Å². The van der Waals surface area contributed by atoms with Crippen LogP contribution in [-0.2, 0) is 19.6 Å². The van der Waals surface area contributed by atoms with Crippen LogP contribution in [0.2, 0.25) is 0 Å². The zero-order valence-electron chi connectivity index (χ0n) is 19.0. The second kappa shape index (κ2) is 10.4. The monoisotopic (exact) mass is 432 g/mol. The van der Waals surface area contributed by atoms with E-state index in [0.717, 1.165) is 0 Å². The summed E-state index contributed by atoms with van der Waals surface area (Å²) in [6.45, 7) is 7.23. The molecule has 0 aliphatic heterocycles. The molecule has 4 nitrogen and oxygen atoms in total. The van der Waals surface area contributed by atoms with Gasteiger partial charge in [0.05, 0.1) is 51.7 Å². The Hall–Kier alpha value is -2.50. The van der Waals surface area contributed by atoms with Gasteiger partial charge in [-0.2, -0.15) is 0 Å². The Balaban J connectivity index is 1.61. The highest BCUT2D eigenvalue weighted by Crippen LogP contribution is 2.53. The van der Waals surface area contributed by atoms with Crippen molar-refractivity contribution in [3.63, 3.8) is 0 Å². The zero-order valence-corrected chi connectivity index (χ0v) is 19.0. The molecular formula is C28H32O4. The molecule has 0 unspecified atom stereocenters. The van der Waals surface area contributed by atoms with Crippen molar-refractivity contribution < 1.29 is 19.3 Å². The molecule has 0 saturated heterocycles. The number of hydrogen-bond acceptors (Lipinski definition) is 4. The van der Waals surface area contributed by atoms with E-state index in [1.807, 2.05) is 0 Å². The lowest BCUT2D eigenvalue weighted by Gasteiger charge is -2.33. The Kier molecular flexibility index (Phi) is 7.38. The van der Waals surface area contributed by atoms with Crippen molar-refractivity contribution in [1.29, 1.82) is 0 Å². The first-order valence-electron chi connectivity index (χ1n) is 11.3. The molecule has 32 heavy (non-hydrogen) atoms. The first-order valence-corrected chi connectivity index (χ1v) is 11.3. The largest absolute Gasteiger partial charge is 0.394 e. The number of aryl methyl sites for hydroxylation is 2. The molecule has 4 rings (SSSR count). The SMILES string of the molecule is Cc1ccc2c(c1)C(COCCOCCOCCO)(c1ccccc1)c1cc(C)ccc1-2. The summed E-state index contributed by atoms with van der Waals surface area (Å²) in [6.07, 6.45) is 0. The van der Waals surface area contributed by atoms with Crippen LogP contribution in [0.1, 0.15) is 27.8 Å². The minimum absolute atomic E-state index is 0.0343. The summed E-state index contributed by atoms with van der Waals surface area (Å²) in [5, 5.41) is 8.75. The number of rotatable bonds is 11. The molecule has 0 atom stereocenters. The molecular weight excluding hydrogens is 400 g/mol. The predicted octanol–water partition coefficient (Wildman–Crippen LogP) is 4.66. The average molecular weight is 433 g/mol. The summed E-state index contributed by atoms with van der Waals surface area (Å²) in [7, 11) is 0. The molecule has 4 heteroatoms. The molecule has 0 aromatic heterocycles. The van der Waals surface area contributed by atoms with Crippen molar-refractivity contribution in [2.45, 2.75) is 19.3 Å². The Morgan fingerprint density at radius 2 is 1.19 bits per heavy atom. The minimum atomic E-state index is -0.353. The van der Waals surface area contributed by atoms with Crippen LogP contribution in [0, 0.1) is 13.8 Å². The number of aliphatic hydroxyl groups excluding tert-OH is 1. The average Bonchev–Trinajstić information content (AvgIpc) is 3.07. The minimum Gasteiger partial charge on any atom is -0.394 e. The van der Waals surface area contributed by atoms with Gasteiger partial charge in [0.1, 0.15) is 0 Å². The molecule has 0 spiro atoms. The van der Waals surface area contributed by atoms with E-state index < -0.39 is 0 Å². The fraction of sp³-hybridized carbons (Fsp3) is 0.357. The van der Waals surface area contributed by atoms with Gasteiger partial charge in [0.15, 0.2) is 0 Å². The predicted molar refractivity (Wildman–Crippen MR) is 127 cm³/mol. The van der Waals surface area contributed by atoms with Gasteiger partial charge in [0, 0.05) is 0 Å². The zero-order chi connectivity index (χ0) is 22.4. The van der Waals surface area contributed by atoms with Gasteiger partial charge in [-0.1, -0.05) is 77.9 Å². The van der Waals surface area contributed by atoms with Crippen LogP contribution >= 0.6 is 0 Å². The van der Waals surface area contributed by atoms with E-state index in [2.05, 4.69) is 80.6 Å². The molecule has 0 bridgehead atoms. The van der Waals surface area contributed by atoms with E-state index in [-0.39, 0.29) is 12.0 Å². The van der Waals surface area contributed by atoms with Crippen LogP contribution in [-0.4, -0.2) is 51.4 Å². The van der Waals surface area contributed by atoms with Crippen molar-refractivity contribution >= 4 is 0 Å². The van der Waals surface area contributed by atoms with Crippen LogP contribution < -0.4 is 0 Å². The van der Waals surface area contributed by atoms with Gasteiger partial charge in [-0.15, -0.1) is 0 Å². The highest BCUT2D eigenvalue weighted by Gasteiger charge is 2.45. The van der Waals surface area contributed by atoms with Crippen molar-refractivity contribution in [3.8, 4) is 11.1 Å². The van der Waals surface area contributed by atoms with E-state index in [9.17, 15) is 0 Å². The number of benzene rings is 3. The third-order valence-electron chi connectivity index (χ3n) is 6.12. The van der Waals surface area contributed by atoms with E-state index in [1.54, 1.807) is 0 Å². The third kappa shape index (κ3) is 4.50. The van der Waals surface area contributed by atoms with E-state index in [0.29, 0.717) is 39.6 Å². The summed E-state index contributed by atoms with van der Waals surface area (Å²) < 4.78 is 17.1. The maximum absolute atomic E-state index is 8.75. The molecule has 1 aliphatic carbocycles. The molecule has 0 fully saturated rings. The number of aliphatic hydroxyl groups is 1. The summed E-state index contributed by atoms with van der Waals surface area (Å²) in [6, 6.07) is 24.2. The third-order valence-corrected chi connectivity index (χ3v) is 6.12. The number of hydrogen-bond donors (Lipinski definition) is 1. The smallest absolute Gasteiger partial charge is 0.0701 e. The fourth-order valence-corrected chi connectivity index (χ4v) is 4.64. The molecule has 0 heterocycles. The van der Waals surface area contributed by atoms with Gasteiger partial charge in [-0.05, 0) is 41.7 Å². The number of ether oxygens (including phenoxy) is 3. The lowest BCUT2D eigenvalue weighted by molar-refractivity contribution is 0.00349.